The van der Waals surface area contributed by atoms with Crippen molar-refractivity contribution in [2.24, 2.45) is 0 Å². The topological polar surface area (TPSA) is 29.1 Å². The molecular weight excluding hydrogens is 290 g/mol. The average Bonchev–Trinajstić information content (AvgIpc) is 3.17. The first-order chi connectivity index (χ1) is 8.65. The van der Waals surface area contributed by atoms with Crippen molar-refractivity contribution in [3.05, 3.63) is 35.9 Å². The lowest BCUT2D eigenvalue weighted by Gasteiger charge is -2.15. The second-order valence-electron chi connectivity index (χ2n) is 5.13. The van der Waals surface area contributed by atoms with Crippen LogP contribution in [-0.4, -0.2) is 17.3 Å². The number of benzene rings is 1. The third-order valence-corrected chi connectivity index (χ3v) is 4.03. The largest absolute Gasteiger partial charge is 0.355 e. The molecule has 0 heterocycles. The summed E-state index contributed by atoms with van der Waals surface area (Å²) in [6, 6.07) is 10.1. The fourth-order valence-corrected chi connectivity index (χ4v) is 2.61. The van der Waals surface area contributed by atoms with E-state index < -0.39 is 0 Å². The number of hydrogen-bond acceptors (Lipinski definition) is 1. The Morgan fingerprint density at radius 1 is 1.39 bits per heavy atom. The van der Waals surface area contributed by atoms with Crippen LogP contribution in [0.4, 0.5) is 0 Å². The molecule has 0 spiro atoms. The fraction of sp³-hybridized carbons (Fsp3) is 0.533. The molecule has 0 radical (unpaired) electrons. The van der Waals surface area contributed by atoms with Crippen molar-refractivity contribution in [3.63, 3.8) is 0 Å². The highest BCUT2D eigenvalue weighted by atomic mass is 79.9. The maximum absolute atomic E-state index is 12.2. The van der Waals surface area contributed by atoms with E-state index in [1.807, 2.05) is 18.2 Å². The summed E-state index contributed by atoms with van der Waals surface area (Å²) in [4.78, 5) is 12.8. The van der Waals surface area contributed by atoms with Crippen molar-refractivity contribution in [1.29, 1.82) is 0 Å². The van der Waals surface area contributed by atoms with Gasteiger partial charge in [-0.3, -0.25) is 4.79 Å². The summed E-state index contributed by atoms with van der Waals surface area (Å²) in [7, 11) is 0. The Balaban J connectivity index is 1.86. The lowest BCUT2D eigenvalue weighted by atomic mass is 9.95. The summed E-state index contributed by atoms with van der Waals surface area (Å²) in [5, 5.41) is 3.08. The van der Waals surface area contributed by atoms with Gasteiger partial charge in [0.25, 0.3) is 0 Å². The Morgan fingerprint density at radius 3 is 2.61 bits per heavy atom. The van der Waals surface area contributed by atoms with Crippen LogP contribution < -0.4 is 5.32 Å². The van der Waals surface area contributed by atoms with Gasteiger partial charge in [-0.15, -0.1) is 0 Å². The molecule has 1 N–H and O–H groups in total. The van der Waals surface area contributed by atoms with Crippen LogP contribution in [0.1, 0.15) is 38.2 Å². The van der Waals surface area contributed by atoms with E-state index in [0.717, 1.165) is 37.8 Å². The molecule has 1 amide bonds. The summed E-state index contributed by atoms with van der Waals surface area (Å²) in [5.41, 5.74) is 0.942. The number of carbonyl (C=O) groups is 1. The first kappa shape index (κ1) is 13.6. The van der Waals surface area contributed by atoms with Crippen LogP contribution in [0.2, 0.25) is 0 Å². The number of rotatable bonds is 6. The normalized spacial score (nSPS) is 18.1. The molecule has 2 nitrogen and oxygen atoms in total. The molecule has 2 rings (SSSR count). The van der Waals surface area contributed by atoms with E-state index in [4.69, 9.17) is 0 Å². The summed E-state index contributed by atoms with van der Waals surface area (Å²) in [5.74, 6) is 0.205. The molecule has 1 aromatic rings. The monoisotopic (exact) mass is 309 g/mol. The molecule has 0 saturated heterocycles. The van der Waals surface area contributed by atoms with Crippen molar-refractivity contribution in [2.45, 2.75) is 42.8 Å². The SMILES string of the molecule is CC(Br)CCCNC(=O)C1(c2ccccc2)CC1. The van der Waals surface area contributed by atoms with E-state index in [1.165, 1.54) is 0 Å². The van der Waals surface area contributed by atoms with E-state index in [1.54, 1.807) is 0 Å². The number of alkyl halides is 1. The van der Waals surface area contributed by atoms with Crippen molar-refractivity contribution in [3.8, 4) is 0 Å². The Bertz CT molecular complexity index is 398. The van der Waals surface area contributed by atoms with Crippen molar-refractivity contribution >= 4 is 21.8 Å². The van der Waals surface area contributed by atoms with E-state index in [9.17, 15) is 4.79 Å². The minimum atomic E-state index is -0.221. The van der Waals surface area contributed by atoms with E-state index in [0.29, 0.717) is 4.83 Å². The minimum Gasteiger partial charge on any atom is -0.355 e. The highest BCUT2D eigenvalue weighted by Gasteiger charge is 2.50. The molecule has 1 unspecified atom stereocenters. The van der Waals surface area contributed by atoms with Gasteiger partial charge in [0.2, 0.25) is 5.91 Å². The van der Waals surface area contributed by atoms with Crippen LogP contribution in [0.5, 0.6) is 0 Å². The predicted octanol–water partition coefficient (Wildman–Crippen LogP) is 3.40. The molecular formula is C15H20BrNO. The summed E-state index contributed by atoms with van der Waals surface area (Å²) in [6.07, 6.45) is 4.09. The maximum Gasteiger partial charge on any atom is 0.230 e. The highest BCUT2D eigenvalue weighted by Crippen LogP contribution is 2.48. The van der Waals surface area contributed by atoms with Crippen LogP contribution >= 0.6 is 15.9 Å². The Kier molecular flexibility index (Phi) is 4.44. The van der Waals surface area contributed by atoms with Gasteiger partial charge < -0.3 is 5.32 Å². The molecule has 1 saturated carbocycles. The van der Waals surface area contributed by atoms with Gasteiger partial charge in [-0.2, -0.15) is 0 Å². The molecule has 0 aromatic heterocycles. The standard InChI is InChI=1S/C15H20BrNO/c1-12(16)6-5-11-17-14(18)15(9-10-15)13-7-3-2-4-8-13/h2-4,7-8,12H,5-6,9-11H2,1H3,(H,17,18). The Labute approximate surface area is 117 Å². The zero-order chi connectivity index (χ0) is 13.0. The first-order valence-electron chi connectivity index (χ1n) is 6.63. The molecule has 18 heavy (non-hydrogen) atoms. The summed E-state index contributed by atoms with van der Waals surface area (Å²) >= 11 is 3.52. The van der Waals surface area contributed by atoms with Gasteiger partial charge >= 0.3 is 0 Å². The van der Waals surface area contributed by atoms with Gasteiger partial charge in [-0.1, -0.05) is 53.2 Å². The van der Waals surface area contributed by atoms with Gasteiger partial charge in [0.05, 0.1) is 5.41 Å². The molecule has 1 fully saturated rings. The third kappa shape index (κ3) is 3.14. The second-order valence-corrected chi connectivity index (χ2v) is 6.69. The molecule has 98 valence electrons. The van der Waals surface area contributed by atoms with E-state index in [2.05, 4.69) is 40.3 Å². The number of amides is 1. The van der Waals surface area contributed by atoms with Crippen LogP contribution in [0.15, 0.2) is 30.3 Å². The second kappa shape index (κ2) is 5.87. The minimum absolute atomic E-state index is 0.205. The van der Waals surface area contributed by atoms with Gasteiger partial charge in [-0.25, -0.2) is 0 Å². The lowest BCUT2D eigenvalue weighted by Crippen LogP contribution is -2.35. The summed E-state index contributed by atoms with van der Waals surface area (Å²) in [6.45, 7) is 2.91. The molecule has 0 bridgehead atoms. The molecule has 1 aromatic carbocycles. The predicted molar refractivity (Wildman–Crippen MR) is 78.0 cm³/mol. The zero-order valence-electron chi connectivity index (χ0n) is 10.8. The van der Waals surface area contributed by atoms with Gasteiger partial charge in [0.15, 0.2) is 0 Å². The van der Waals surface area contributed by atoms with Crippen molar-refractivity contribution < 1.29 is 4.79 Å². The summed E-state index contributed by atoms with van der Waals surface area (Å²) < 4.78 is 0. The van der Waals surface area contributed by atoms with Crippen molar-refractivity contribution in [1.82, 2.24) is 5.32 Å². The van der Waals surface area contributed by atoms with E-state index in [-0.39, 0.29) is 11.3 Å². The molecule has 0 aliphatic heterocycles. The van der Waals surface area contributed by atoms with Crippen LogP contribution in [0.3, 0.4) is 0 Å². The lowest BCUT2D eigenvalue weighted by molar-refractivity contribution is -0.123. The number of hydrogen-bond donors (Lipinski definition) is 1. The molecule has 1 aliphatic rings. The van der Waals surface area contributed by atoms with Gasteiger partial charge in [0.1, 0.15) is 0 Å². The molecule has 3 heteroatoms. The fourth-order valence-electron chi connectivity index (χ4n) is 2.28. The number of carbonyl (C=O) groups excluding carboxylic acids is 1. The maximum atomic E-state index is 12.2. The van der Waals surface area contributed by atoms with E-state index >= 15 is 0 Å². The Hall–Kier alpha value is -0.830. The zero-order valence-corrected chi connectivity index (χ0v) is 12.4. The van der Waals surface area contributed by atoms with Crippen molar-refractivity contribution in [2.75, 3.05) is 6.54 Å². The average molecular weight is 310 g/mol. The molecule has 1 aliphatic carbocycles. The Morgan fingerprint density at radius 2 is 2.06 bits per heavy atom. The quantitative estimate of drug-likeness (QED) is 0.633. The third-order valence-electron chi connectivity index (χ3n) is 3.58. The van der Waals surface area contributed by atoms with Crippen LogP contribution in [-0.2, 0) is 10.2 Å². The number of halogens is 1. The highest BCUT2D eigenvalue weighted by molar-refractivity contribution is 9.09. The van der Waals surface area contributed by atoms with Crippen LogP contribution in [0, 0.1) is 0 Å². The smallest absolute Gasteiger partial charge is 0.230 e. The van der Waals surface area contributed by atoms with Gasteiger partial charge in [-0.05, 0) is 31.2 Å². The molecule has 1 atom stereocenters. The first-order valence-corrected chi connectivity index (χ1v) is 7.54. The number of nitrogens with one attached hydrogen (secondary N) is 1. The van der Waals surface area contributed by atoms with Crippen LogP contribution in [0.25, 0.3) is 0 Å². The van der Waals surface area contributed by atoms with Gasteiger partial charge in [0, 0.05) is 11.4 Å².